The molecule has 1 amide bonds. The predicted octanol–water partition coefficient (Wildman–Crippen LogP) is 3.46. The van der Waals surface area contributed by atoms with Crippen molar-refractivity contribution in [2.75, 3.05) is 26.1 Å². The summed E-state index contributed by atoms with van der Waals surface area (Å²) in [4.78, 5) is 27.0. The Morgan fingerprint density at radius 2 is 1.88 bits per heavy atom. The number of esters is 1. The molecular weight excluding hydrogens is 464 g/mol. The van der Waals surface area contributed by atoms with Gasteiger partial charge in [0.25, 0.3) is 0 Å². The Bertz CT molecular complexity index is 1160. The number of carbonyl (C=O) groups excluding carboxylic acids is 2. The first-order valence-corrected chi connectivity index (χ1v) is 13.2. The minimum Gasteiger partial charge on any atom is -0.497 e. The fraction of sp³-hybridized carbons (Fsp3) is 0.478. The number of rotatable bonds is 6. The molecule has 178 valence electrons. The van der Waals surface area contributed by atoms with Crippen LogP contribution in [0.15, 0.2) is 29.2 Å². The van der Waals surface area contributed by atoms with Gasteiger partial charge in [-0.15, -0.1) is 11.3 Å². The van der Waals surface area contributed by atoms with E-state index in [0.29, 0.717) is 35.1 Å². The van der Waals surface area contributed by atoms with Crippen molar-refractivity contribution in [1.29, 1.82) is 0 Å². The lowest BCUT2D eigenvalue weighted by atomic mass is 9.88. The van der Waals surface area contributed by atoms with Crippen molar-refractivity contribution >= 4 is 38.2 Å². The second-order valence-electron chi connectivity index (χ2n) is 8.49. The van der Waals surface area contributed by atoms with Gasteiger partial charge < -0.3 is 14.8 Å². The molecule has 0 saturated carbocycles. The van der Waals surface area contributed by atoms with Crippen LogP contribution in [-0.2, 0) is 32.4 Å². The van der Waals surface area contributed by atoms with Crippen molar-refractivity contribution in [3.8, 4) is 5.75 Å². The van der Waals surface area contributed by atoms with Crippen LogP contribution in [0, 0.1) is 5.92 Å². The molecule has 1 aromatic heterocycles. The number of sulfonamides is 1. The molecule has 1 aromatic carbocycles. The van der Waals surface area contributed by atoms with Gasteiger partial charge in [-0.05, 0) is 67.9 Å². The smallest absolute Gasteiger partial charge is 0.341 e. The number of benzene rings is 1. The standard InChI is InChI=1S/C23H28N2O6S2/c1-14-6-11-17-19(13-14)32-22(20(17)23(27)31-3)24-21(26)18-5-4-12-25(18)33(28,29)16-9-7-15(30-2)8-10-16/h7-10,14,18H,4-6,11-13H2,1-3H3,(H,24,26). The van der Waals surface area contributed by atoms with E-state index < -0.39 is 27.9 Å². The Hall–Kier alpha value is -2.43. The first-order chi connectivity index (χ1) is 15.8. The van der Waals surface area contributed by atoms with Gasteiger partial charge in [0.05, 0.1) is 24.7 Å². The van der Waals surface area contributed by atoms with Crippen LogP contribution < -0.4 is 10.1 Å². The van der Waals surface area contributed by atoms with E-state index >= 15 is 0 Å². The highest BCUT2D eigenvalue weighted by Crippen LogP contribution is 2.40. The molecule has 2 aliphatic rings. The molecule has 2 atom stereocenters. The number of nitrogens with one attached hydrogen (secondary N) is 1. The SMILES string of the molecule is COC(=O)c1c(NC(=O)C2CCCN2S(=O)(=O)c2ccc(OC)cc2)sc2c1CCC(C)C2. The van der Waals surface area contributed by atoms with E-state index in [1.54, 1.807) is 12.1 Å². The molecule has 4 rings (SSSR count). The number of thiophene rings is 1. The number of hydrogen-bond donors (Lipinski definition) is 1. The molecule has 1 saturated heterocycles. The van der Waals surface area contributed by atoms with Gasteiger partial charge in [-0.25, -0.2) is 13.2 Å². The maximum Gasteiger partial charge on any atom is 0.341 e. The quantitative estimate of drug-likeness (QED) is 0.620. The number of amides is 1. The zero-order valence-corrected chi connectivity index (χ0v) is 20.6. The third-order valence-corrected chi connectivity index (χ3v) is 9.40. The van der Waals surface area contributed by atoms with Gasteiger partial charge in [0.15, 0.2) is 0 Å². The molecule has 8 nitrogen and oxygen atoms in total. The number of hydrogen-bond acceptors (Lipinski definition) is 7. The van der Waals surface area contributed by atoms with Crippen molar-refractivity contribution in [1.82, 2.24) is 4.31 Å². The summed E-state index contributed by atoms with van der Waals surface area (Å²) in [6, 6.07) is 5.27. The van der Waals surface area contributed by atoms with Crippen LogP contribution in [0.25, 0.3) is 0 Å². The summed E-state index contributed by atoms with van der Waals surface area (Å²) in [6.07, 6.45) is 3.57. The summed E-state index contributed by atoms with van der Waals surface area (Å²) >= 11 is 1.39. The number of carbonyl (C=O) groups is 2. The molecule has 2 heterocycles. The molecule has 2 aromatic rings. The first-order valence-electron chi connectivity index (χ1n) is 11.0. The summed E-state index contributed by atoms with van der Waals surface area (Å²) in [5.74, 6) is 0.147. The Labute approximate surface area is 197 Å². The van der Waals surface area contributed by atoms with E-state index in [2.05, 4.69) is 12.2 Å². The molecule has 0 bridgehead atoms. The first kappa shape index (κ1) is 23.7. The van der Waals surface area contributed by atoms with Crippen LogP contribution >= 0.6 is 11.3 Å². The van der Waals surface area contributed by atoms with E-state index in [9.17, 15) is 18.0 Å². The average Bonchev–Trinajstić information content (AvgIpc) is 3.43. The summed E-state index contributed by atoms with van der Waals surface area (Å²) in [5, 5.41) is 3.31. The molecule has 1 aliphatic carbocycles. The summed E-state index contributed by atoms with van der Waals surface area (Å²) < 4.78 is 37.8. The number of nitrogens with zero attached hydrogens (tertiary/aromatic N) is 1. The van der Waals surface area contributed by atoms with Crippen molar-refractivity contribution in [2.45, 2.75) is 50.0 Å². The van der Waals surface area contributed by atoms with Gasteiger partial charge in [0, 0.05) is 11.4 Å². The molecule has 1 N–H and O–H groups in total. The van der Waals surface area contributed by atoms with Crippen LogP contribution in [-0.4, -0.2) is 51.4 Å². The van der Waals surface area contributed by atoms with E-state index in [0.717, 1.165) is 29.7 Å². The molecule has 0 spiro atoms. The normalized spacial score (nSPS) is 20.8. The number of fused-ring (bicyclic) bond motifs is 1. The third kappa shape index (κ3) is 4.51. The van der Waals surface area contributed by atoms with Crippen LogP contribution in [0.2, 0.25) is 0 Å². The summed E-state index contributed by atoms with van der Waals surface area (Å²) in [6.45, 7) is 2.42. The maximum atomic E-state index is 13.3. The largest absolute Gasteiger partial charge is 0.497 e. The van der Waals surface area contributed by atoms with Gasteiger partial charge >= 0.3 is 5.97 Å². The summed E-state index contributed by atoms with van der Waals surface area (Å²) in [7, 11) is -1.03. The van der Waals surface area contributed by atoms with E-state index in [-0.39, 0.29) is 11.4 Å². The van der Waals surface area contributed by atoms with Gasteiger partial charge in [-0.2, -0.15) is 4.31 Å². The monoisotopic (exact) mass is 492 g/mol. The number of methoxy groups -OCH3 is 2. The van der Waals surface area contributed by atoms with Gasteiger partial charge in [0.1, 0.15) is 16.8 Å². The van der Waals surface area contributed by atoms with E-state index in [4.69, 9.17) is 9.47 Å². The Kier molecular flexibility index (Phi) is 6.78. The van der Waals surface area contributed by atoms with Gasteiger partial charge in [0.2, 0.25) is 15.9 Å². The molecule has 10 heteroatoms. The van der Waals surface area contributed by atoms with Crippen molar-refractivity contribution in [3.05, 3.63) is 40.3 Å². The topological polar surface area (TPSA) is 102 Å². The zero-order chi connectivity index (χ0) is 23.8. The third-order valence-electron chi connectivity index (χ3n) is 6.31. The highest BCUT2D eigenvalue weighted by atomic mass is 32.2. The highest BCUT2D eigenvalue weighted by molar-refractivity contribution is 7.89. The van der Waals surface area contributed by atoms with Crippen LogP contribution in [0.5, 0.6) is 5.75 Å². The van der Waals surface area contributed by atoms with Gasteiger partial charge in [-0.1, -0.05) is 6.92 Å². The minimum atomic E-state index is -3.86. The number of ether oxygens (including phenoxy) is 2. The lowest BCUT2D eigenvalue weighted by Crippen LogP contribution is -2.43. The summed E-state index contributed by atoms with van der Waals surface area (Å²) in [5.41, 5.74) is 1.34. The van der Waals surface area contributed by atoms with Crippen LogP contribution in [0.3, 0.4) is 0 Å². The lowest BCUT2D eigenvalue weighted by molar-refractivity contribution is -0.119. The molecular formula is C23H28N2O6S2. The average molecular weight is 493 g/mol. The zero-order valence-electron chi connectivity index (χ0n) is 18.9. The fourth-order valence-electron chi connectivity index (χ4n) is 4.53. The van der Waals surface area contributed by atoms with Crippen molar-refractivity contribution in [3.63, 3.8) is 0 Å². The molecule has 0 radical (unpaired) electrons. The Morgan fingerprint density at radius 3 is 2.55 bits per heavy atom. The molecule has 1 aliphatic heterocycles. The predicted molar refractivity (Wildman–Crippen MR) is 125 cm³/mol. The molecule has 33 heavy (non-hydrogen) atoms. The highest BCUT2D eigenvalue weighted by Gasteiger charge is 2.40. The van der Waals surface area contributed by atoms with Crippen molar-refractivity contribution < 1.29 is 27.5 Å². The Morgan fingerprint density at radius 1 is 1.15 bits per heavy atom. The second-order valence-corrected chi connectivity index (χ2v) is 11.5. The van der Waals surface area contributed by atoms with E-state index in [1.165, 1.54) is 42.0 Å². The maximum absolute atomic E-state index is 13.3. The van der Waals surface area contributed by atoms with Gasteiger partial charge in [-0.3, -0.25) is 4.79 Å². The van der Waals surface area contributed by atoms with E-state index in [1.807, 2.05) is 0 Å². The van der Waals surface area contributed by atoms with Crippen molar-refractivity contribution in [2.24, 2.45) is 5.92 Å². The molecule has 1 fully saturated rings. The van der Waals surface area contributed by atoms with Crippen LogP contribution in [0.4, 0.5) is 5.00 Å². The Balaban J connectivity index is 1.60. The lowest BCUT2D eigenvalue weighted by Gasteiger charge is -2.23. The fourth-order valence-corrected chi connectivity index (χ4v) is 7.58. The van der Waals surface area contributed by atoms with Crippen LogP contribution in [0.1, 0.15) is 47.0 Å². The number of anilines is 1. The molecule has 2 unspecified atom stereocenters. The minimum absolute atomic E-state index is 0.110. The second kappa shape index (κ2) is 9.44.